The second-order valence-electron chi connectivity index (χ2n) is 8.83. The minimum absolute atomic E-state index is 0.146. The maximum atomic E-state index is 14.2. The number of halogens is 1. The first kappa shape index (κ1) is 25.7. The van der Waals surface area contributed by atoms with E-state index in [1.165, 1.54) is 30.9 Å². The molecule has 0 aliphatic heterocycles. The summed E-state index contributed by atoms with van der Waals surface area (Å²) in [5.41, 5.74) is 0.387. The number of nitrogens with one attached hydrogen (secondary N) is 2. The molecule has 3 N–H and O–H groups in total. The number of anilines is 2. The van der Waals surface area contributed by atoms with Crippen LogP contribution in [0.25, 0.3) is 16.9 Å². The molecule has 12 nitrogen and oxygen atoms in total. The number of hydrogen-bond donors (Lipinski definition) is 3. The number of rotatable bonds is 10. The molecular formula is C24H26FN9O3. The molecule has 1 atom stereocenters. The van der Waals surface area contributed by atoms with Gasteiger partial charge in [-0.2, -0.15) is 20.1 Å². The topological polar surface area (TPSA) is 156 Å². The second kappa shape index (κ2) is 10.7. The highest BCUT2D eigenvalue weighted by atomic mass is 19.1. The van der Waals surface area contributed by atoms with E-state index in [0.29, 0.717) is 46.9 Å². The number of carbonyl (C=O) groups excluding carboxylic acids is 1. The van der Waals surface area contributed by atoms with Crippen molar-refractivity contribution in [1.29, 1.82) is 5.26 Å². The number of aromatic nitrogens is 6. The first-order chi connectivity index (χ1) is 17.7. The molecule has 192 valence electrons. The fourth-order valence-corrected chi connectivity index (χ4v) is 3.41. The standard InChI is InChI=1S/C24H26FN9O3/c1-24(2,36)20(25)13-29-23(35)18-12-27-21(34-22-16(10-31-34)6-15(8-26)9-28-22)7-19(18)32-17-11-30-33(14-17)4-5-37-3/h6-7,9-12,14,20,36H,4-5,13H2,1-3H3,(H,27,32)(H,29,35)/t20-/m1/s1. The molecule has 0 saturated carbocycles. The summed E-state index contributed by atoms with van der Waals surface area (Å²) >= 11 is 0. The van der Waals surface area contributed by atoms with Crippen LogP contribution in [-0.2, 0) is 11.3 Å². The highest BCUT2D eigenvalue weighted by molar-refractivity contribution is 6.00. The molecule has 0 radical (unpaired) electrons. The van der Waals surface area contributed by atoms with Gasteiger partial charge in [0.15, 0.2) is 11.5 Å². The molecule has 4 rings (SSSR count). The molecule has 0 aliphatic carbocycles. The Morgan fingerprint density at radius 1 is 1.24 bits per heavy atom. The number of amides is 1. The lowest BCUT2D eigenvalue weighted by molar-refractivity contribution is -0.00177. The summed E-state index contributed by atoms with van der Waals surface area (Å²) in [6.45, 7) is 3.30. The highest BCUT2D eigenvalue weighted by Gasteiger charge is 2.27. The summed E-state index contributed by atoms with van der Waals surface area (Å²) in [5.74, 6) is -0.222. The van der Waals surface area contributed by atoms with Gasteiger partial charge in [-0.15, -0.1) is 0 Å². The van der Waals surface area contributed by atoms with Crippen molar-refractivity contribution >= 4 is 28.3 Å². The molecule has 0 fully saturated rings. The predicted octanol–water partition coefficient (Wildman–Crippen LogP) is 2.11. The van der Waals surface area contributed by atoms with Crippen molar-refractivity contribution in [3.05, 3.63) is 54.2 Å². The number of nitriles is 1. The minimum atomic E-state index is -1.67. The number of fused-ring (bicyclic) bond motifs is 1. The van der Waals surface area contributed by atoms with Crippen LogP contribution in [0.5, 0.6) is 0 Å². The fourth-order valence-electron chi connectivity index (χ4n) is 3.41. The van der Waals surface area contributed by atoms with E-state index < -0.39 is 17.7 Å². The second-order valence-corrected chi connectivity index (χ2v) is 8.83. The first-order valence-corrected chi connectivity index (χ1v) is 11.4. The van der Waals surface area contributed by atoms with Gasteiger partial charge in [-0.3, -0.25) is 9.48 Å². The van der Waals surface area contributed by atoms with Gasteiger partial charge in [-0.25, -0.2) is 14.4 Å². The van der Waals surface area contributed by atoms with Crippen molar-refractivity contribution < 1.29 is 19.0 Å². The zero-order valence-corrected chi connectivity index (χ0v) is 20.5. The fraction of sp³-hybridized carbons (Fsp3) is 0.333. The highest BCUT2D eigenvalue weighted by Crippen LogP contribution is 2.25. The van der Waals surface area contributed by atoms with E-state index >= 15 is 0 Å². The van der Waals surface area contributed by atoms with Crippen molar-refractivity contribution in [1.82, 2.24) is 34.8 Å². The number of aliphatic hydroxyl groups is 1. The number of nitrogens with zero attached hydrogens (tertiary/aromatic N) is 7. The zero-order chi connectivity index (χ0) is 26.6. The van der Waals surface area contributed by atoms with Crippen molar-refractivity contribution in [2.24, 2.45) is 0 Å². The van der Waals surface area contributed by atoms with Crippen molar-refractivity contribution in [3.63, 3.8) is 0 Å². The Morgan fingerprint density at radius 2 is 2.05 bits per heavy atom. The van der Waals surface area contributed by atoms with Gasteiger partial charge in [-0.1, -0.05) is 0 Å². The largest absolute Gasteiger partial charge is 0.387 e. The summed E-state index contributed by atoms with van der Waals surface area (Å²) in [4.78, 5) is 21.7. The van der Waals surface area contributed by atoms with E-state index in [4.69, 9.17) is 10.00 Å². The van der Waals surface area contributed by atoms with Gasteiger partial charge in [0.25, 0.3) is 5.91 Å². The van der Waals surface area contributed by atoms with E-state index in [1.54, 1.807) is 42.5 Å². The summed E-state index contributed by atoms with van der Waals surface area (Å²) in [7, 11) is 1.60. The third-order valence-corrected chi connectivity index (χ3v) is 5.53. The monoisotopic (exact) mass is 507 g/mol. The van der Waals surface area contributed by atoms with E-state index in [2.05, 4.69) is 30.8 Å². The van der Waals surface area contributed by atoms with Crippen LogP contribution in [0.1, 0.15) is 29.8 Å². The number of ether oxygens (including phenoxy) is 1. The Kier molecular flexibility index (Phi) is 7.42. The number of alkyl halides is 1. The number of hydrogen-bond acceptors (Lipinski definition) is 9. The molecule has 37 heavy (non-hydrogen) atoms. The van der Waals surface area contributed by atoms with Gasteiger partial charge in [0.05, 0.1) is 60.2 Å². The van der Waals surface area contributed by atoms with Crippen LogP contribution in [-0.4, -0.2) is 72.6 Å². The Balaban J connectivity index is 1.68. The van der Waals surface area contributed by atoms with Gasteiger partial charge in [-0.05, 0) is 19.9 Å². The average Bonchev–Trinajstić information content (AvgIpc) is 3.51. The Morgan fingerprint density at radius 3 is 2.78 bits per heavy atom. The molecule has 4 aromatic heterocycles. The van der Waals surface area contributed by atoms with Crippen molar-refractivity contribution in [2.45, 2.75) is 32.2 Å². The van der Waals surface area contributed by atoms with E-state index in [9.17, 15) is 14.3 Å². The predicted molar refractivity (Wildman–Crippen MR) is 132 cm³/mol. The maximum Gasteiger partial charge on any atom is 0.255 e. The molecule has 0 aromatic carbocycles. The van der Waals surface area contributed by atoms with Crippen LogP contribution in [0.2, 0.25) is 0 Å². The minimum Gasteiger partial charge on any atom is -0.387 e. The first-order valence-electron chi connectivity index (χ1n) is 11.4. The van der Waals surface area contributed by atoms with Crippen LogP contribution in [0.4, 0.5) is 15.8 Å². The maximum absolute atomic E-state index is 14.2. The van der Waals surface area contributed by atoms with Crippen LogP contribution in [0, 0.1) is 11.3 Å². The van der Waals surface area contributed by atoms with E-state index in [-0.39, 0.29) is 12.1 Å². The molecule has 13 heteroatoms. The molecule has 1 amide bonds. The lowest BCUT2D eigenvalue weighted by Crippen LogP contribution is -2.42. The molecule has 0 unspecified atom stereocenters. The van der Waals surface area contributed by atoms with Gasteiger partial charge in [0.1, 0.15) is 12.2 Å². The Bertz CT molecular complexity index is 1450. The average molecular weight is 508 g/mol. The third-order valence-electron chi connectivity index (χ3n) is 5.53. The molecular weight excluding hydrogens is 481 g/mol. The van der Waals surface area contributed by atoms with Gasteiger partial charge in [0, 0.05) is 37.2 Å². The van der Waals surface area contributed by atoms with Crippen LogP contribution in [0.15, 0.2) is 43.1 Å². The van der Waals surface area contributed by atoms with Crippen molar-refractivity contribution in [3.8, 4) is 11.9 Å². The van der Waals surface area contributed by atoms with Crippen LogP contribution < -0.4 is 10.6 Å². The Labute approximate surface area is 211 Å². The van der Waals surface area contributed by atoms with Crippen LogP contribution >= 0.6 is 0 Å². The molecule has 0 aliphatic rings. The van der Waals surface area contributed by atoms with Gasteiger partial charge in [0.2, 0.25) is 0 Å². The lowest BCUT2D eigenvalue weighted by atomic mass is 10.0. The molecule has 0 bridgehead atoms. The van der Waals surface area contributed by atoms with Gasteiger partial charge < -0.3 is 20.5 Å². The number of pyridine rings is 2. The molecule has 0 saturated heterocycles. The van der Waals surface area contributed by atoms with Gasteiger partial charge >= 0.3 is 0 Å². The zero-order valence-electron chi connectivity index (χ0n) is 20.5. The Hall–Kier alpha value is -4.41. The molecule has 4 aromatic rings. The molecule has 4 heterocycles. The summed E-state index contributed by atoms with van der Waals surface area (Å²) in [5, 5.41) is 33.9. The summed E-state index contributed by atoms with van der Waals surface area (Å²) < 4.78 is 22.5. The van der Waals surface area contributed by atoms with E-state index in [1.807, 2.05) is 6.07 Å². The third kappa shape index (κ3) is 5.88. The number of methoxy groups -OCH3 is 1. The lowest BCUT2D eigenvalue weighted by Gasteiger charge is -2.22. The van der Waals surface area contributed by atoms with E-state index in [0.717, 1.165) is 0 Å². The molecule has 0 spiro atoms. The van der Waals surface area contributed by atoms with Crippen molar-refractivity contribution in [2.75, 3.05) is 25.6 Å². The quantitative estimate of drug-likeness (QED) is 0.293. The SMILES string of the molecule is COCCn1cc(Nc2cc(-n3ncc4cc(C#N)cnc43)ncc2C(=O)NC[C@@H](F)C(C)(C)O)cn1. The normalized spacial score (nSPS) is 12.3. The number of carbonyl (C=O) groups is 1. The van der Waals surface area contributed by atoms with Crippen LogP contribution in [0.3, 0.4) is 0 Å². The smallest absolute Gasteiger partial charge is 0.255 e. The summed E-state index contributed by atoms with van der Waals surface area (Å²) in [6, 6.07) is 5.31. The summed E-state index contributed by atoms with van der Waals surface area (Å²) in [6.07, 6.45) is 6.02.